The van der Waals surface area contributed by atoms with Gasteiger partial charge in [0.15, 0.2) is 5.96 Å². The monoisotopic (exact) mass is 157 g/mol. The molecule has 0 aromatic heterocycles. The molecule has 66 valence electrons. The zero-order valence-corrected chi connectivity index (χ0v) is 8.02. The van der Waals surface area contributed by atoms with E-state index in [9.17, 15) is 0 Å². The van der Waals surface area contributed by atoms with Crippen LogP contribution in [0.15, 0.2) is 4.99 Å². The van der Waals surface area contributed by atoms with E-state index in [1.54, 1.807) is 0 Å². The first-order valence-electron chi connectivity index (χ1n) is 4.26. The SMILES string of the molecule is CC.CN=C1NCCCN1C. The second kappa shape index (κ2) is 6.01. The fourth-order valence-electron chi connectivity index (χ4n) is 1.01. The molecule has 0 saturated carbocycles. The van der Waals surface area contributed by atoms with E-state index < -0.39 is 0 Å². The molecule has 0 radical (unpaired) electrons. The Morgan fingerprint density at radius 1 is 1.45 bits per heavy atom. The minimum atomic E-state index is 1.02. The van der Waals surface area contributed by atoms with Crippen molar-refractivity contribution in [2.75, 3.05) is 27.2 Å². The Kier molecular flexibility index (Phi) is 5.61. The van der Waals surface area contributed by atoms with Gasteiger partial charge in [-0.2, -0.15) is 0 Å². The predicted octanol–water partition coefficient (Wildman–Crippen LogP) is 0.923. The van der Waals surface area contributed by atoms with E-state index >= 15 is 0 Å². The highest BCUT2D eigenvalue weighted by Crippen LogP contribution is 1.93. The van der Waals surface area contributed by atoms with Gasteiger partial charge in [0.25, 0.3) is 0 Å². The van der Waals surface area contributed by atoms with E-state index in [4.69, 9.17) is 0 Å². The molecule has 3 heteroatoms. The Bertz CT molecular complexity index is 121. The van der Waals surface area contributed by atoms with Crippen molar-refractivity contribution in [2.45, 2.75) is 20.3 Å². The summed E-state index contributed by atoms with van der Waals surface area (Å²) in [6.07, 6.45) is 1.22. The number of guanidine groups is 1. The van der Waals surface area contributed by atoms with E-state index in [0.29, 0.717) is 0 Å². The summed E-state index contributed by atoms with van der Waals surface area (Å²) in [6, 6.07) is 0. The molecule has 0 aromatic carbocycles. The summed E-state index contributed by atoms with van der Waals surface area (Å²) in [5, 5.41) is 3.19. The fraction of sp³-hybridized carbons (Fsp3) is 0.875. The summed E-state index contributed by atoms with van der Waals surface area (Å²) in [5.41, 5.74) is 0. The molecule has 0 unspecified atom stereocenters. The van der Waals surface area contributed by atoms with E-state index in [1.165, 1.54) is 6.42 Å². The Labute approximate surface area is 69.5 Å². The van der Waals surface area contributed by atoms with Gasteiger partial charge in [0.05, 0.1) is 0 Å². The highest BCUT2D eigenvalue weighted by Gasteiger charge is 2.08. The minimum absolute atomic E-state index is 1.02. The Hall–Kier alpha value is -0.730. The summed E-state index contributed by atoms with van der Waals surface area (Å²) in [7, 11) is 3.86. The molecule has 1 heterocycles. The van der Waals surface area contributed by atoms with Crippen LogP contribution in [0.25, 0.3) is 0 Å². The molecule has 0 spiro atoms. The van der Waals surface area contributed by atoms with Crippen molar-refractivity contribution in [1.82, 2.24) is 10.2 Å². The summed E-state index contributed by atoms with van der Waals surface area (Å²) < 4.78 is 0. The van der Waals surface area contributed by atoms with Gasteiger partial charge in [-0.3, -0.25) is 4.99 Å². The summed E-state index contributed by atoms with van der Waals surface area (Å²) in [4.78, 5) is 6.19. The van der Waals surface area contributed by atoms with Crippen LogP contribution >= 0.6 is 0 Å². The van der Waals surface area contributed by atoms with Gasteiger partial charge < -0.3 is 10.2 Å². The van der Waals surface area contributed by atoms with Crippen molar-refractivity contribution in [1.29, 1.82) is 0 Å². The van der Waals surface area contributed by atoms with Crippen molar-refractivity contribution < 1.29 is 0 Å². The number of nitrogens with one attached hydrogen (secondary N) is 1. The van der Waals surface area contributed by atoms with Gasteiger partial charge in [0, 0.05) is 27.2 Å². The largest absolute Gasteiger partial charge is 0.356 e. The smallest absolute Gasteiger partial charge is 0.193 e. The lowest BCUT2D eigenvalue weighted by Crippen LogP contribution is -2.45. The van der Waals surface area contributed by atoms with Crippen molar-refractivity contribution in [2.24, 2.45) is 4.99 Å². The van der Waals surface area contributed by atoms with Gasteiger partial charge in [-0.1, -0.05) is 13.8 Å². The van der Waals surface area contributed by atoms with E-state index in [2.05, 4.69) is 22.3 Å². The molecule has 0 atom stereocenters. The molecule has 3 nitrogen and oxygen atoms in total. The third kappa shape index (κ3) is 3.25. The third-order valence-corrected chi connectivity index (χ3v) is 1.53. The second-order valence-corrected chi connectivity index (χ2v) is 2.25. The maximum absolute atomic E-state index is 4.06. The standard InChI is InChI=1S/C6H13N3.C2H6/c1-7-6-8-4-3-5-9(6)2;1-2/h3-5H2,1-2H3,(H,7,8);1-2H3. The fourth-order valence-corrected chi connectivity index (χ4v) is 1.01. The number of hydrogen-bond donors (Lipinski definition) is 1. The van der Waals surface area contributed by atoms with Gasteiger partial charge in [-0.25, -0.2) is 0 Å². The topological polar surface area (TPSA) is 27.6 Å². The van der Waals surface area contributed by atoms with E-state index in [0.717, 1.165) is 19.0 Å². The zero-order valence-electron chi connectivity index (χ0n) is 8.02. The highest BCUT2D eigenvalue weighted by molar-refractivity contribution is 5.80. The quantitative estimate of drug-likeness (QED) is 0.566. The molecule has 0 bridgehead atoms. The zero-order chi connectivity index (χ0) is 8.69. The van der Waals surface area contributed by atoms with Crippen LogP contribution in [-0.2, 0) is 0 Å². The molecule has 11 heavy (non-hydrogen) atoms. The van der Waals surface area contributed by atoms with Gasteiger partial charge in [-0.05, 0) is 6.42 Å². The molecule has 0 amide bonds. The first kappa shape index (κ1) is 10.3. The molecular formula is C8H19N3. The van der Waals surface area contributed by atoms with Gasteiger partial charge in [-0.15, -0.1) is 0 Å². The van der Waals surface area contributed by atoms with Crippen LogP contribution in [0.2, 0.25) is 0 Å². The van der Waals surface area contributed by atoms with Crippen LogP contribution in [0, 0.1) is 0 Å². The molecule has 1 aliphatic rings. The molecule has 1 fully saturated rings. The average Bonchev–Trinajstić information content (AvgIpc) is 2.09. The number of rotatable bonds is 0. The number of hydrogen-bond acceptors (Lipinski definition) is 1. The first-order chi connectivity index (χ1) is 5.34. The van der Waals surface area contributed by atoms with Gasteiger partial charge >= 0.3 is 0 Å². The molecule has 1 rings (SSSR count). The molecular weight excluding hydrogens is 138 g/mol. The van der Waals surface area contributed by atoms with Crippen LogP contribution in [0.3, 0.4) is 0 Å². The molecule has 0 aromatic rings. The van der Waals surface area contributed by atoms with Crippen LogP contribution in [-0.4, -0.2) is 38.0 Å². The second-order valence-electron chi connectivity index (χ2n) is 2.25. The van der Waals surface area contributed by atoms with Crippen molar-refractivity contribution in [3.05, 3.63) is 0 Å². The molecule has 1 N–H and O–H groups in total. The average molecular weight is 157 g/mol. The Morgan fingerprint density at radius 3 is 2.45 bits per heavy atom. The lowest BCUT2D eigenvalue weighted by atomic mass is 10.3. The van der Waals surface area contributed by atoms with Crippen molar-refractivity contribution in [3.63, 3.8) is 0 Å². The molecule has 1 saturated heterocycles. The third-order valence-electron chi connectivity index (χ3n) is 1.53. The number of aliphatic imine (C=N–C) groups is 1. The van der Waals surface area contributed by atoms with Crippen LogP contribution < -0.4 is 5.32 Å². The predicted molar refractivity (Wildman–Crippen MR) is 50.0 cm³/mol. The van der Waals surface area contributed by atoms with Crippen LogP contribution in [0.1, 0.15) is 20.3 Å². The minimum Gasteiger partial charge on any atom is -0.356 e. The summed E-state index contributed by atoms with van der Waals surface area (Å²) in [6.45, 7) is 6.19. The Morgan fingerprint density at radius 2 is 2.09 bits per heavy atom. The first-order valence-corrected chi connectivity index (χ1v) is 4.26. The summed E-state index contributed by atoms with van der Waals surface area (Å²) in [5.74, 6) is 1.02. The molecule has 1 aliphatic heterocycles. The van der Waals surface area contributed by atoms with Gasteiger partial charge in [0.2, 0.25) is 0 Å². The number of nitrogens with zero attached hydrogens (tertiary/aromatic N) is 2. The normalized spacial score (nSPS) is 20.4. The van der Waals surface area contributed by atoms with Crippen molar-refractivity contribution >= 4 is 5.96 Å². The highest BCUT2D eigenvalue weighted by atomic mass is 15.3. The lowest BCUT2D eigenvalue weighted by molar-refractivity contribution is 0.430. The maximum Gasteiger partial charge on any atom is 0.193 e. The van der Waals surface area contributed by atoms with E-state index in [1.807, 2.05) is 20.9 Å². The van der Waals surface area contributed by atoms with Crippen LogP contribution in [0.4, 0.5) is 0 Å². The maximum atomic E-state index is 4.06. The molecule has 0 aliphatic carbocycles. The van der Waals surface area contributed by atoms with Crippen molar-refractivity contribution in [3.8, 4) is 0 Å². The van der Waals surface area contributed by atoms with E-state index in [-0.39, 0.29) is 0 Å². The Balaban J connectivity index is 0.000000461. The lowest BCUT2D eigenvalue weighted by Gasteiger charge is -2.26. The van der Waals surface area contributed by atoms with Crippen LogP contribution in [0.5, 0.6) is 0 Å². The summed E-state index contributed by atoms with van der Waals surface area (Å²) >= 11 is 0. The van der Waals surface area contributed by atoms with Gasteiger partial charge in [0.1, 0.15) is 0 Å².